The first kappa shape index (κ1) is 22.8. The molecule has 0 unspecified atom stereocenters. The Labute approximate surface area is 197 Å². The Kier molecular flexibility index (Phi) is 5.54. The fourth-order valence-electron chi connectivity index (χ4n) is 6.53. The number of ketones is 1. The minimum Gasteiger partial charge on any atom is -0.299 e. The van der Waals surface area contributed by atoms with E-state index in [0.29, 0.717) is 19.4 Å². The molecule has 2 bridgehead atoms. The third kappa shape index (κ3) is 3.67. The van der Waals surface area contributed by atoms with E-state index in [9.17, 15) is 13.2 Å². The van der Waals surface area contributed by atoms with Gasteiger partial charge in [0.05, 0.1) is 17.2 Å². The second kappa shape index (κ2) is 8.03. The third-order valence-corrected chi connectivity index (χ3v) is 10.2. The molecule has 1 aliphatic heterocycles. The van der Waals surface area contributed by atoms with Crippen molar-refractivity contribution >= 4 is 15.9 Å². The van der Waals surface area contributed by atoms with Gasteiger partial charge in [0.2, 0.25) is 0 Å². The van der Waals surface area contributed by atoms with Crippen molar-refractivity contribution in [2.75, 3.05) is 12.3 Å². The summed E-state index contributed by atoms with van der Waals surface area (Å²) in [6.07, 6.45) is 1.68. The van der Waals surface area contributed by atoms with Gasteiger partial charge in [0.1, 0.15) is 11.9 Å². The first-order chi connectivity index (χ1) is 15.6. The second-order valence-electron chi connectivity index (χ2n) is 10.7. The average Bonchev–Trinajstić information content (AvgIpc) is 3.13. The maximum atomic E-state index is 13.2. The van der Waals surface area contributed by atoms with Crippen LogP contribution in [0.15, 0.2) is 60.7 Å². The molecule has 0 radical (unpaired) electrons. The van der Waals surface area contributed by atoms with Crippen molar-refractivity contribution in [1.29, 1.82) is 0 Å². The van der Waals surface area contributed by atoms with Crippen LogP contribution in [-0.2, 0) is 19.1 Å². The summed E-state index contributed by atoms with van der Waals surface area (Å²) in [4.78, 5) is 15.1. The predicted octanol–water partition coefficient (Wildman–Crippen LogP) is 4.59. The fourth-order valence-corrected chi connectivity index (χ4v) is 8.48. The van der Waals surface area contributed by atoms with Crippen LogP contribution in [0.3, 0.4) is 0 Å². The molecule has 2 saturated carbocycles. The summed E-state index contributed by atoms with van der Waals surface area (Å²) in [5.74, 6) is 0.204. The van der Waals surface area contributed by atoms with Crippen LogP contribution in [0.4, 0.5) is 0 Å². The van der Waals surface area contributed by atoms with Crippen LogP contribution in [0.2, 0.25) is 0 Å². The molecule has 0 N–H and O–H groups in total. The summed E-state index contributed by atoms with van der Waals surface area (Å²) in [7, 11) is -3.83. The Morgan fingerprint density at radius 3 is 2.06 bits per heavy atom. The molecule has 1 heterocycles. The van der Waals surface area contributed by atoms with Crippen LogP contribution < -0.4 is 0 Å². The van der Waals surface area contributed by atoms with E-state index in [4.69, 9.17) is 4.18 Å². The summed E-state index contributed by atoms with van der Waals surface area (Å²) in [6, 6.07) is 20.5. The fraction of sp³-hybridized carbons (Fsp3) is 0.519. The van der Waals surface area contributed by atoms with Gasteiger partial charge in [0.15, 0.2) is 0 Å². The lowest BCUT2D eigenvalue weighted by Crippen LogP contribution is -2.61. The summed E-state index contributed by atoms with van der Waals surface area (Å²) in [5.41, 5.74) is 1.26. The van der Waals surface area contributed by atoms with Gasteiger partial charge in [0, 0.05) is 19.0 Å². The molecule has 5 rings (SSSR count). The van der Waals surface area contributed by atoms with Crippen molar-refractivity contribution in [3.05, 3.63) is 71.8 Å². The van der Waals surface area contributed by atoms with Crippen molar-refractivity contribution in [2.45, 2.75) is 58.2 Å². The molecule has 4 atom stereocenters. The molecule has 6 heteroatoms. The van der Waals surface area contributed by atoms with Crippen molar-refractivity contribution in [3.63, 3.8) is 0 Å². The Balaban J connectivity index is 1.32. The van der Waals surface area contributed by atoms with Gasteiger partial charge in [-0.25, -0.2) is 0 Å². The lowest BCUT2D eigenvalue weighted by atomic mass is 9.70. The highest BCUT2D eigenvalue weighted by molar-refractivity contribution is 7.86. The smallest absolute Gasteiger partial charge is 0.268 e. The second-order valence-corrected chi connectivity index (χ2v) is 12.3. The topological polar surface area (TPSA) is 63.7 Å². The maximum Gasteiger partial charge on any atom is 0.268 e. The molecule has 0 aromatic heterocycles. The van der Waals surface area contributed by atoms with E-state index in [2.05, 4.69) is 43.0 Å². The van der Waals surface area contributed by atoms with Crippen molar-refractivity contribution in [3.8, 4) is 0 Å². The summed E-state index contributed by atoms with van der Waals surface area (Å²) < 4.78 is 32.1. The molecule has 0 amide bonds. The first-order valence-corrected chi connectivity index (χ1v) is 13.5. The average molecular weight is 468 g/mol. The normalized spacial score (nSPS) is 31.2. The maximum absolute atomic E-state index is 13.2. The van der Waals surface area contributed by atoms with Crippen LogP contribution in [0.5, 0.6) is 0 Å². The first-order valence-electron chi connectivity index (χ1n) is 11.9. The van der Waals surface area contributed by atoms with Crippen LogP contribution in [0.25, 0.3) is 0 Å². The summed E-state index contributed by atoms with van der Waals surface area (Å²) in [5, 5.41) is 0. The number of hydrogen-bond donors (Lipinski definition) is 0. The van der Waals surface area contributed by atoms with E-state index < -0.39 is 21.6 Å². The number of nitrogens with zero attached hydrogens (tertiary/aromatic N) is 1. The number of carbonyl (C=O) groups excluding carboxylic acids is 1. The molecule has 2 aromatic rings. The number of likely N-dealkylation sites (tertiary alicyclic amines) is 1. The monoisotopic (exact) mass is 467 g/mol. The van der Waals surface area contributed by atoms with E-state index in [-0.39, 0.29) is 35.0 Å². The molecule has 176 valence electrons. The van der Waals surface area contributed by atoms with E-state index in [0.717, 1.165) is 6.42 Å². The van der Waals surface area contributed by atoms with E-state index in [1.54, 1.807) is 0 Å². The zero-order valence-electron chi connectivity index (χ0n) is 19.6. The van der Waals surface area contributed by atoms with Gasteiger partial charge < -0.3 is 0 Å². The summed E-state index contributed by atoms with van der Waals surface area (Å²) in [6.45, 7) is 6.67. The van der Waals surface area contributed by atoms with Gasteiger partial charge in [-0.2, -0.15) is 8.42 Å². The molecule has 3 fully saturated rings. The minimum absolute atomic E-state index is 0.0366. The molecular formula is C27H33NO4S. The lowest BCUT2D eigenvalue weighted by Gasteiger charge is -2.50. The highest BCUT2D eigenvalue weighted by Crippen LogP contribution is 2.64. The van der Waals surface area contributed by atoms with Crippen LogP contribution in [-0.4, -0.2) is 43.5 Å². The van der Waals surface area contributed by atoms with Gasteiger partial charge in [-0.1, -0.05) is 74.5 Å². The lowest BCUT2D eigenvalue weighted by molar-refractivity contribution is -0.128. The number of carbonyl (C=O) groups is 1. The Morgan fingerprint density at radius 2 is 1.61 bits per heavy atom. The molecular weight excluding hydrogens is 434 g/mol. The predicted molar refractivity (Wildman–Crippen MR) is 128 cm³/mol. The third-order valence-electron chi connectivity index (χ3n) is 8.85. The number of fused-ring (bicyclic) bond motifs is 2. The molecule has 0 spiro atoms. The van der Waals surface area contributed by atoms with Gasteiger partial charge in [-0.3, -0.25) is 13.9 Å². The number of hydrogen-bond acceptors (Lipinski definition) is 5. The van der Waals surface area contributed by atoms with Gasteiger partial charge >= 0.3 is 0 Å². The Morgan fingerprint density at radius 1 is 1.03 bits per heavy atom. The molecule has 1 saturated heterocycles. The Bertz CT molecular complexity index is 1090. The van der Waals surface area contributed by atoms with Gasteiger partial charge in [0.25, 0.3) is 10.1 Å². The van der Waals surface area contributed by atoms with Crippen molar-refractivity contribution < 1.29 is 17.4 Å². The number of rotatable bonds is 7. The van der Waals surface area contributed by atoms with Crippen LogP contribution in [0, 0.1) is 16.7 Å². The summed E-state index contributed by atoms with van der Waals surface area (Å²) >= 11 is 0. The van der Waals surface area contributed by atoms with Crippen LogP contribution in [0.1, 0.15) is 57.2 Å². The minimum atomic E-state index is -3.83. The zero-order chi connectivity index (χ0) is 23.4. The SMILES string of the molecule is C[C@H]1[C@H](OS(=O)(=O)C[C@@]23CC[C@@H](CC2=O)C3(C)C)CN1C(c1ccccc1)c1ccccc1. The standard InChI is InChI=1S/C27H33NO4S/c1-19-23(32-33(30,31)18-27-15-14-22(16-24(27)29)26(27,2)3)17-28(19)25(20-10-6-4-7-11-20)21-12-8-5-9-13-21/h4-13,19,22-23,25H,14-18H2,1-3H3/t19-,22-,23+,27-/m0/s1. The van der Waals surface area contributed by atoms with Crippen molar-refractivity contribution in [1.82, 2.24) is 4.90 Å². The quantitative estimate of drug-likeness (QED) is 0.557. The molecule has 3 aliphatic rings. The van der Waals surface area contributed by atoms with E-state index >= 15 is 0 Å². The highest BCUT2D eigenvalue weighted by Gasteiger charge is 2.65. The number of Topliss-reactive ketones (excluding diaryl/α,β-unsaturated/α-hetero) is 1. The van der Waals surface area contributed by atoms with E-state index in [1.807, 2.05) is 43.3 Å². The molecule has 2 aliphatic carbocycles. The van der Waals surface area contributed by atoms with Gasteiger partial charge in [-0.15, -0.1) is 0 Å². The van der Waals surface area contributed by atoms with Gasteiger partial charge in [-0.05, 0) is 42.2 Å². The molecule has 2 aromatic carbocycles. The molecule has 5 nitrogen and oxygen atoms in total. The molecule has 33 heavy (non-hydrogen) atoms. The van der Waals surface area contributed by atoms with Crippen molar-refractivity contribution in [2.24, 2.45) is 16.7 Å². The van der Waals surface area contributed by atoms with E-state index in [1.165, 1.54) is 11.1 Å². The number of benzene rings is 2. The Hall–Kier alpha value is -2.02. The largest absolute Gasteiger partial charge is 0.299 e. The van der Waals surface area contributed by atoms with Crippen LogP contribution >= 0.6 is 0 Å². The highest BCUT2D eigenvalue weighted by atomic mass is 32.2. The zero-order valence-corrected chi connectivity index (χ0v) is 20.4.